The van der Waals surface area contributed by atoms with Gasteiger partial charge in [0.15, 0.2) is 0 Å². The van der Waals surface area contributed by atoms with Crippen LogP contribution in [0.3, 0.4) is 0 Å². The second kappa shape index (κ2) is 6.26. The third-order valence-corrected chi connectivity index (χ3v) is 4.13. The first-order valence-corrected chi connectivity index (χ1v) is 7.63. The molecular weight excluding hydrogens is 264 g/mol. The number of imidazole rings is 1. The number of carbonyl (C=O) groups excluding carboxylic acids is 1. The molecule has 2 heterocycles. The number of fused-ring (bicyclic) bond motifs is 1. The first-order valence-electron chi connectivity index (χ1n) is 7.63. The van der Waals surface area contributed by atoms with E-state index in [1.165, 1.54) is 12.8 Å². The molecule has 1 unspecified atom stereocenters. The summed E-state index contributed by atoms with van der Waals surface area (Å²) in [7, 11) is 0. The van der Waals surface area contributed by atoms with E-state index in [0.717, 1.165) is 36.5 Å². The van der Waals surface area contributed by atoms with Crippen LogP contribution in [-0.2, 0) is 11.3 Å². The number of nitrogens with one attached hydrogen (secondary N) is 2. The first kappa shape index (κ1) is 14.1. The lowest BCUT2D eigenvalue weighted by Gasteiger charge is -2.23. The monoisotopic (exact) mass is 286 g/mol. The maximum absolute atomic E-state index is 12.2. The number of rotatable bonds is 4. The van der Waals surface area contributed by atoms with Gasteiger partial charge in [-0.3, -0.25) is 4.79 Å². The number of para-hydroxylation sites is 2. The number of amides is 1. The van der Waals surface area contributed by atoms with Crippen molar-refractivity contribution in [2.75, 3.05) is 19.6 Å². The van der Waals surface area contributed by atoms with Crippen LogP contribution in [-0.4, -0.2) is 35.1 Å². The fraction of sp³-hybridized carbons (Fsp3) is 0.500. The fourth-order valence-corrected chi connectivity index (χ4v) is 2.95. The number of aromatic nitrogens is 2. The van der Waals surface area contributed by atoms with Gasteiger partial charge < -0.3 is 15.2 Å². The third-order valence-electron chi connectivity index (χ3n) is 4.13. The van der Waals surface area contributed by atoms with Gasteiger partial charge in [-0.05, 0) is 50.9 Å². The third kappa shape index (κ3) is 3.24. The molecule has 1 aliphatic rings. The van der Waals surface area contributed by atoms with Crippen molar-refractivity contribution in [1.82, 2.24) is 20.2 Å². The van der Waals surface area contributed by atoms with Gasteiger partial charge in [0.25, 0.3) is 0 Å². The van der Waals surface area contributed by atoms with Gasteiger partial charge in [-0.1, -0.05) is 12.1 Å². The molecule has 1 fully saturated rings. The smallest absolute Gasteiger partial charge is 0.240 e. The van der Waals surface area contributed by atoms with Gasteiger partial charge in [0.2, 0.25) is 5.91 Å². The van der Waals surface area contributed by atoms with E-state index in [2.05, 4.69) is 15.6 Å². The van der Waals surface area contributed by atoms with Crippen molar-refractivity contribution in [3.8, 4) is 0 Å². The van der Waals surface area contributed by atoms with E-state index in [1.807, 2.05) is 35.8 Å². The van der Waals surface area contributed by atoms with Crippen molar-refractivity contribution in [1.29, 1.82) is 0 Å². The van der Waals surface area contributed by atoms with Crippen molar-refractivity contribution in [3.63, 3.8) is 0 Å². The largest absolute Gasteiger partial charge is 0.354 e. The average Bonchev–Trinajstić information content (AvgIpc) is 2.82. The highest BCUT2D eigenvalue weighted by atomic mass is 16.1. The zero-order chi connectivity index (χ0) is 14.7. The minimum absolute atomic E-state index is 0.0619. The molecule has 0 spiro atoms. The molecule has 21 heavy (non-hydrogen) atoms. The number of hydrogen-bond acceptors (Lipinski definition) is 3. The summed E-state index contributed by atoms with van der Waals surface area (Å²) >= 11 is 0. The lowest BCUT2D eigenvalue weighted by atomic mass is 10.00. The molecule has 1 aliphatic heterocycles. The minimum Gasteiger partial charge on any atom is -0.354 e. The Morgan fingerprint density at radius 3 is 3.14 bits per heavy atom. The summed E-state index contributed by atoms with van der Waals surface area (Å²) in [4.78, 5) is 16.7. The van der Waals surface area contributed by atoms with Crippen LogP contribution in [0.15, 0.2) is 24.3 Å². The molecule has 1 amide bonds. The summed E-state index contributed by atoms with van der Waals surface area (Å²) in [6.07, 6.45) is 2.39. The highest BCUT2D eigenvalue weighted by molar-refractivity contribution is 5.81. The minimum atomic E-state index is 0.0619. The summed E-state index contributed by atoms with van der Waals surface area (Å²) < 4.78 is 1.98. The molecule has 112 valence electrons. The Balaban J connectivity index is 1.62. The summed E-state index contributed by atoms with van der Waals surface area (Å²) in [5, 5.41) is 6.43. The number of benzene rings is 1. The van der Waals surface area contributed by atoms with E-state index in [4.69, 9.17) is 0 Å². The van der Waals surface area contributed by atoms with Gasteiger partial charge >= 0.3 is 0 Å². The molecule has 0 bridgehead atoms. The van der Waals surface area contributed by atoms with Crippen LogP contribution in [0.25, 0.3) is 11.0 Å². The predicted molar refractivity (Wildman–Crippen MR) is 83.1 cm³/mol. The molecule has 1 aromatic heterocycles. The van der Waals surface area contributed by atoms with E-state index in [-0.39, 0.29) is 5.91 Å². The van der Waals surface area contributed by atoms with E-state index >= 15 is 0 Å². The van der Waals surface area contributed by atoms with Crippen molar-refractivity contribution in [2.24, 2.45) is 5.92 Å². The van der Waals surface area contributed by atoms with Crippen LogP contribution in [0.5, 0.6) is 0 Å². The van der Waals surface area contributed by atoms with Crippen LogP contribution >= 0.6 is 0 Å². The summed E-state index contributed by atoms with van der Waals surface area (Å²) in [5.74, 6) is 1.50. The lowest BCUT2D eigenvalue weighted by molar-refractivity contribution is -0.121. The number of aryl methyl sites for hydroxylation is 1. The van der Waals surface area contributed by atoms with Gasteiger partial charge in [0, 0.05) is 6.54 Å². The van der Waals surface area contributed by atoms with Crippen molar-refractivity contribution in [2.45, 2.75) is 26.3 Å². The molecule has 1 saturated heterocycles. The SMILES string of the molecule is Cc1nc2ccccc2n1CC(=O)NCC1CCCNC1. The average molecular weight is 286 g/mol. The molecule has 5 heteroatoms. The molecule has 0 aliphatic carbocycles. The highest BCUT2D eigenvalue weighted by Crippen LogP contribution is 2.15. The van der Waals surface area contributed by atoms with Crippen LogP contribution < -0.4 is 10.6 Å². The summed E-state index contributed by atoms with van der Waals surface area (Å²) in [6.45, 7) is 5.15. The lowest BCUT2D eigenvalue weighted by Crippen LogP contribution is -2.39. The Morgan fingerprint density at radius 1 is 1.48 bits per heavy atom. The summed E-state index contributed by atoms with van der Waals surface area (Å²) in [6, 6.07) is 7.93. The van der Waals surface area contributed by atoms with Crippen LogP contribution in [0, 0.1) is 12.8 Å². The van der Waals surface area contributed by atoms with Gasteiger partial charge in [-0.2, -0.15) is 0 Å². The number of carbonyl (C=O) groups is 1. The number of piperidine rings is 1. The van der Waals surface area contributed by atoms with Gasteiger partial charge in [0.1, 0.15) is 12.4 Å². The quantitative estimate of drug-likeness (QED) is 0.894. The van der Waals surface area contributed by atoms with E-state index in [0.29, 0.717) is 12.5 Å². The molecule has 0 radical (unpaired) electrons. The number of nitrogens with zero attached hydrogens (tertiary/aromatic N) is 2. The zero-order valence-corrected chi connectivity index (χ0v) is 12.4. The summed E-state index contributed by atoms with van der Waals surface area (Å²) in [5.41, 5.74) is 1.96. The maximum atomic E-state index is 12.2. The van der Waals surface area contributed by atoms with Gasteiger partial charge in [-0.15, -0.1) is 0 Å². The van der Waals surface area contributed by atoms with E-state index in [1.54, 1.807) is 0 Å². The second-order valence-corrected chi connectivity index (χ2v) is 5.75. The molecule has 0 saturated carbocycles. The Morgan fingerprint density at radius 2 is 2.33 bits per heavy atom. The fourth-order valence-electron chi connectivity index (χ4n) is 2.95. The standard InChI is InChI=1S/C16H22N4O/c1-12-19-14-6-2-3-7-15(14)20(12)11-16(21)18-10-13-5-4-8-17-9-13/h2-3,6-7,13,17H,4-5,8-11H2,1H3,(H,18,21). The van der Waals surface area contributed by atoms with Crippen LogP contribution in [0.4, 0.5) is 0 Å². The molecule has 1 atom stereocenters. The Labute approximate surface area is 124 Å². The Kier molecular flexibility index (Phi) is 4.20. The molecule has 2 N–H and O–H groups in total. The van der Waals surface area contributed by atoms with Gasteiger partial charge in [0.05, 0.1) is 11.0 Å². The second-order valence-electron chi connectivity index (χ2n) is 5.75. The van der Waals surface area contributed by atoms with Crippen LogP contribution in [0.2, 0.25) is 0 Å². The van der Waals surface area contributed by atoms with E-state index < -0.39 is 0 Å². The van der Waals surface area contributed by atoms with Crippen molar-refractivity contribution in [3.05, 3.63) is 30.1 Å². The zero-order valence-electron chi connectivity index (χ0n) is 12.4. The molecule has 2 aromatic rings. The van der Waals surface area contributed by atoms with Crippen molar-refractivity contribution >= 4 is 16.9 Å². The normalized spacial score (nSPS) is 18.8. The number of hydrogen-bond donors (Lipinski definition) is 2. The predicted octanol–water partition coefficient (Wildman–Crippen LogP) is 1.46. The molecule has 3 rings (SSSR count). The highest BCUT2D eigenvalue weighted by Gasteiger charge is 2.15. The first-order chi connectivity index (χ1) is 10.2. The Hall–Kier alpha value is -1.88. The van der Waals surface area contributed by atoms with Crippen LogP contribution in [0.1, 0.15) is 18.7 Å². The maximum Gasteiger partial charge on any atom is 0.240 e. The topological polar surface area (TPSA) is 59.0 Å². The molecular formula is C16H22N4O. The molecule has 1 aromatic carbocycles. The van der Waals surface area contributed by atoms with Crippen molar-refractivity contribution < 1.29 is 4.79 Å². The molecule has 5 nitrogen and oxygen atoms in total. The Bertz CT molecular complexity index is 628. The van der Waals surface area contributed by atoms with E-state index in [9.17, 15) is 4.79 Å². The van der Waals surface area contributed by atoms with Gasteiger partial charge in [-0.25, -0.2) is 4.98 Å².